The lowest BCUT2D eigenvalue weighted by Gasteiger charge is -2.14. The molecule has 1 aromatic heterocycles. The minimum atomic E-state index is -0.000337. The fourth-order valence-corrected chi connectivity index (χ4v) is 3.20. The first-order chi connectivity index (χ1) is 12.4. The van der Waals surface area contributed by atoms with Gasteiger partial charge in [0, 0.05) is 6.04 Å². The molecule has 1 aromatic carbocycles. The molecule has 3 N–H and O–H groups in total. The predicted molar refractivity (Wildman–Crippen MR) is 102 cm³/mol. The van der Waals surface area contributed by atoms with Crippen LogP contribution >= 0.6 is 11.8 Å². The van der Waals surface area contributed by atoms with Crippen molar-refractivity contribution in [1.82, 2.24) is 20.2 Å². The Morgan fingerprint density at radius 1 is 1.42 bits per heavy atom. The number of aryl methyl sites for hydroxylation is 1. The average molecular weight is 375 g/mol. The van der Waals surface area contributed by atoms with Crippen molar-refractivity contribution in [2.45, 2.75) is 57.3 Å². The number of benzene rings is 1. The summed E-state index contributed by atoms with van der Waals surface area (Å²) in [7, 11) is 0. The molecule has 3 rings (SSSR count). The van der Waals surface area contributed by atoms with Crippen LogP contribution in [0.2, 0.25) is 0 Å². The molecule has 26 heavy (non-hydrogen) atoms. The number of nitrogen functional groups attached to an aromatic ring is 1. The van der Waals surface area contributed by atoms with Crippen molar-refractivity contribution in [3.05, 3.63) is 35.2 Å². The third-order valence-electron chi connectivity index (χ3n) is 4.16. The first-order valence-corrected chi connectivity index (χ1v) is 9.77. The zero-order valence-electron chi connectivity index (χ0n) is 15.4. The number of nitrogens with one attached hydrogen (secondary N) is 1. The minimum Gasteiger partial charge on any atom is -0.485 e. The maximum absolute atomic E-state index is 11.8. The van der Waals surface area contributed by atoms with Crippen molar-refractivity contribution in [2.75, 3.05) is 11.6 Å². The molecule has 0 spiro atoms. The molecule has 0 saturated heterocycles. The smallest absolute Gasteiger partial charge is 0.230 e. The Hall–Kier alpha value is -2.22. The van der Waals surface area contributed by atoms with Crippen molar-refractivity contribution in [1.29, 1.82) is 0 Å². The van der Waals surface area contributed by atoms with Crippen LogP contribution in [0.15, 0.2) is 23.4 Å². The van der Waals surface area contributed by atoms with E-state index in [1.807, 2.05) is 13.0 Å². The Labute approximate surface area is 157 Å². The first-order valence-electron chi connectivity index (χ1n) is 8.79. The lowest BCUT2D eigenvalue weighted by atomic mass is 10.0. The summed E-state index contributed by atoms with van der Waals surface area (Å²) in [4.78, 5) is 11.8. The van der Waals surface area contributed by atoms with Crippen molar-refractivity contribution >= 4 is 17.7 Å². The molecule has 1 fully saturated rings. The van der Waals surface area contributed by atoms with Gasteiger partial charge in [-0.15, -0.1) is 10.2 Å². The summed E-state index contributed by atoms with van der Waals surface area (Å²) in [6.45, 7) is 6.51. The predicted octanol–water partition coefficient (Wildman–Crippen LogP) is 2.37. The third kappa shape index (κ3) is 4.69. The second-order valence-corrected chi connectivity index (χ2v) is 7.83. The molecule has 1 saturated carbocycles. The van der Waals surface area contributed by atoms with Crippen LogP contribution in [0.4, 0.5) is 0 Å². The van der Waals surface area contributed by atoms with Crippen LogP contribution in [0.5, 0.6) is 5.75 Å². The highest BCUT2D eigenvalue weighted by atomic mass is 32.2. The molecule has 1 aliphatic rings. The number of carbonyl (C=O) groups is 1. The molecule has 1 amide bonds. The number of nitrogens with two attached hydrogens (primary N) is 1. The second kappa shape index (κ2) is 7.99. The highest BCUT2D eigenvalue weighted by molar-refractivity contribution is 7.99. The number of hydrogen-bond donors (Lipinski definition) is 2. The topological polar surface area (TPSA) is 95.1 Å². The Bertz CT molecular complexity index is 786. The van der Waals surface area contributed by atoms with Crippen LogP contribution in [-0.2, 0) is 11.4 Å². The number of rotatable bonds is 8. The first kappa shape index (κ1) is 18.6. The van der Waals surface area contributed by atoms with Gasteiger partial charge in [0.15, 0.2) is 5.82 Å². The molecule has 0 bridgehead atoms. The van der Waals surface area contributed by atoms with Crippen LogP contribution in [0.3, 0.4) is 0 Å². The molecule has 0 radical (unpaired) electrons. The molecule has 140 valence electrons. The lowest BCUT2D eigenvalue weighted by molar-refractivity contribution is -0.118. The molecule has 0 unspecified atom stereocenters. The van der Waals surface area contributed by atoms with E-state index in [0.717, 1.165) is 29.7 Å². The SMILES string of the molecule is Cc1ccc(C(C)C)c(OCc2nnc(SCC(=O)NC3CC3)n2N)c1. The highest BCUT2D eigenvalue weighted by Crippen LogP contribution is 2.28. The van der Waals surface area contributed by atoms with E-state index in [-0.39, 0.29) is 18.3 Å². The van der Waals surface area contributed by atoms with Gasteiger partial charge in [-0.05, 0) is 42.9 Å². The van der Waals surface area contributed by atoms with Gasteiger partial charge in [-0.25, -0.2) is 4.68 Å². The van der Waals surface area contributed by atoms with Gasteiger partial charge in [0.05, 0.1) is 5.75 Å². The van der Waals surface area contributed by atoms with Crippen molar-refractivity contribution < 1.29 is 9.53 Å². The standard InChI is InChI=1S/C18H25N5O2S/c1-11(2)14-7-4-12(3)8-15(14)25-9-16-21-22-18(23(16)19)26-10-17(24)20-13-5-6-13/h4,7-8,11,13H,5-6,9-10,19H2,1-3H3,(H,20,24). The molecular weight excluding hydrogens is 350 g/mol. The fraction of sp³-hybridized carbons (Fsp3) is 0.500. The summed E-state index contributed by atoms with van der Waals surface area (Å²) < 4.78 is 7.34. The van der Waals surface area contributed by atoms with Crippen molar-refractivity contribution in [3.8, 4) is 5.75 Å². The van der Waals surface area contributed by atoms with Crippen LogP contribution in [0.25, 0.3) is 0 Å². The number of ether oxygens (including phenoxy) is 1. The number of hydrogen-bond acceptors (Lipinski definition) is 6. The summed E-state index contributed by atoms with van der Waals surface area (Å²) in [6, 6.07) is 6.54. The van der Waals surface area contributed by atoms with Gasteiger partial charge >= 0.3 is 0 Å². The molecule has 2 aromatic rings. The molecule has 7 nitrogen and oxygen atoms in total. The number of thioether (sulfide) groups is 1. The summed E-state index contributed by atoms with van der Waals surface area (Å²) >= 11 is 1.27. The molecule has 8 heteroatoms. The van der Waals surface area contributed by atoms with Crippen LogP contribution in [-0.4, -0.2) is 32.6 Å². The molecule has 1 aliphatic carbocycles. The van der Waals surface area contributed by atoms with E-state index >= 15 is 0 Å². The van der Waals surface area contributed by atoms with Crippen LogP contribution < -0.4 is 15.9 Å². The lowest BCUT2D eigenvalue weighted by Crippen LogP contribution is -2.27. The van der Waals surface area contributed by atoms with Gasteiger partial charge < -0.3 is 15.9 Å². The summed E-state index contributed by atoms with van der Waals surface area (Å²) in [5.74, 6) is 8.05. The Balaban J connectivity index is 1.60. The molecule has 1 heterocycles. The van der Waals surface area contributed by atoms with E-state index in [9.17, 15) is 4.79 Å². The Kier molecular flexibility index (Phi) is 5.70. The number of carbonyl (C=O) groups excluding carboxylic acids is 1. The number of amides is 1. The van der Waals surface area contributed by atoms with Gasteiger partial charge in [0.1, 0.15) is 12.4 Å². The van der Waals surface area contributed by atoms with Gasteiger partial charge in [0.25, 0.3) is 0 Å². The van der Waals surface area contributed by atoms with Gasteiger partial charge in [-0.1, -0.05) is 37.7 Å². The maximum Gasteiger partial charge on any atom is 0.230 e. The third-order valence-corrected chi connectivity index (χ3v) is 5.10. The minimum absolute atomic E-state index is 0.000337. The number of nitrogens with zero attached hydrogens (tertiary/aromatic N) is 3. The van der Waals surface area contributed by atoms with Crippen LogP contribution in [0.1, 0.15) is 49.6 Å². The van der Waals surface area contributed by atoms with Crippen molar-refractivity contribution in [2.24, 2.45) is 0 Å². The zero-order chi connectivity index (χ0) is 18.7. The average Bonchev–Trinajstić information content (AvgIpc) is 3.33. The van der Waals surface area contributed by atoms with Crippen LogP contribution in [0, 0.1) is 6.92 Å². The summed E-state index contributed by atoms with van der Waals surface area (Å²) in [5.41, 5.74) is 2.28. The van der Waals surface area contributed by atoms with E-state index < -0.39 is 0 Å². The summed E-state index contributed by atoms with van der Waals surface area (Å²) in [6.07, 6.45) is 2.14. The monoisotopic (exact) mass is 375 g/mol. The number of aromatic nitrogens is 3. The summed E-state index contributed by atoms with van der Waals surface area (Å²) in [5, 5.41) is 11.6. The van der Waals surface area contributed by atoms with E-state index in [1.54, 1.807) is 0 Å². The largest absolute Gasteiger partial charge is 0.485 e. The van der Waals surface area contributed by atoms with Crippen molar-refractivity contribution in [3.63, 3.8) is 0 Å². The van der Waals surface area contributed by atoms with E-state index in [4.69, 9.17) is 10.6 Å². The molecule has 0 atom stereocenters. The Morgan fingerprint density at radius 3 is 2.88 bits per heavy atom. The van der Waals surface area contributed by atoms with Gasteiger partial charge in [0.2, 0.25) is 11.1 Å². The van der Waals surface area contributed by atoms with E-state index in [1.165, 1.54) is 16.4 Å². The fourth-order valence-electron chi connectivity index (χ4n) is 2.52. The Morgan fingerprint density at radius 2 is 2.19 bits per heavy atom. The molecular formula is C18H25N5O2S. The second-order valence-electron chi connectivity index (χ2n) is 6.88. The van der Waals surface area contributed by atoms with Gasteiger partial charge in [-0.2, -0.15) is 0 Å². The van der Waals surface area contributed by atoms with E-state index in [0.29, 0.717) is 22.9 Å². The highest BCUT2D eigenvalue weighted by Gasteiger charge is 2.23. The maximum atomic E-state index is 11.8. The van der Waals surface area contributed by atoms with Gasteiger partial charge in [-0.3, -0.25) is 4.79 Å². The van der Waals surface area contributed by atoms with E-state index in [2.05, 4.69) is 41.5 Å². The zero-order valence-corrected chi connectivity index (χ0v) is 16.2. The molecule has 0 aliphatic heterocycles. The quantitative estimate of drug-likeness (QED) is 0.543. The normalized spacial score (nSPS) is 13.8.